The van der Waals surface area contributed by atoms with Crippen LogP contribution in [0.5, 0.6) is 5.75 Å². The molecule has 1 N–H and O–H groups in total. The van der Waals surface area contributed by atoms with Gasteiger partial charge in [-0.15, -0.1) is 11.3 Å². The van der Waals surface area contributed by atoms with Gasteiger partial charge in [0.15, 0.2) is 0 Å². The van der Waals surface area contributed by atoms with Gasteiger partial charge in [-0.1, -0.05) is 30.1 Å². The summed E-state index contributed by atoms with van der Waals surface area (Å²) < 4.78 is 1.80. The van der Waals surface area contributed by atoms with Crippen LogP contribution in [-0.2, 0) is 0 Å². The molecule has 3 aromatic rings. The van der Waals surface area contributed by atoms with Gasteiger partial charge in [0.05, 0.1) is 16.4 Å². The first-order valence-electron chi connectivity index (χ1n) is 7.99. The topological polar surface area (TPSA) is 49.9 Å². The van der Waals surface area contributed by atoms with Crippen molar-refractivity contribution < 1.29 is 5.11 Å². The number of aromatic nitrogens is 1. The Bertz CT molecular complexity index is 1020. The molecule has 1 heterocycles. The highest BCUT2D eigenvalue weighted by atomic mass is 35.5. The third kappa shape index (κ3) is 3.85. The maximum atomic E-state index is 9.51. The SMILES string of the molecule is CCC(=Nn1c(-c2ccc(Cl)cc2Cl)csc1=NC)c1ccc(O)cc1. The average molecular weight is 406 g/mol. The fourth-order valence-electron chi connectivity index (χ4n) is 2.54. The summed E-state index contributed by atoms with van der Waals surface area (Å²) in [5.41, 5.74) is 3.51. The van der Waals surface area contributed by atoms with E-state index in [1.165, 1.54) is 11.3 Å². The Balaban J connectivity index is 2.17. The van der Waals surface area contributed by atoms with Crippen molar-refractivity contribution in [2.45, 2.75) is 13.3 Å². The minimum absolute atomic E-state index is 0.227. The number of hydrogen-bond acceptors (Lipinski definition) is 4. The zero-order chi connectivity index (χ0) is 18.7. The first-order chi connectivity index (χ1) is 12.5. The van der Waals surface area contributed by atoms with Crippen molar-refractivity contribution in [3.8, 4) is 17.0 Å². The number of nitrogens with zero attached hydrogens (tertiary/aromatic N) is 3. The molecule has 26 heavy (non-hydrogen) atoms. The highest BCUT2D eigenvalue weighted by molar-refractivity contribution is 7.07. The van der Waals surface area contributed by atoms with Crippen molar-refractivity contribution in [3.63, 3.8) is 0 Å². The van der Waals surface area contributed by atoms with E-state index in [1.54, 1.807) is 36.0 Å². The summed E-state index contributed by atoms with van der Waals surface area (Å²) in [4.78, 5) is 5.08. The predicted octanol–water partition coefficient (Wildman–Crippen LogP) is 5.42. The molecule has 0 fully saturated rings. The van der Waals surface area contributed by atoms with E-state index in [0.29, 0.717) is 10.0 Å². The summed E-state index contributed by atoms with van der Waals surface area (Å²) in [6.07, 6.45) is 0.727. The summed E-state index contributed by atoms with van der Waals surface area (Å²) >= 11 is 13.9. The minimum Gasteiger partial charge on any atom is -0.508 e. The van der Waals surface area contributed by atoms with E-state index in [9.17, 15) is 5.11 Å². The monoisotopic (exact) mass is 405 g/mol. The van der Waals surface area contributed by atoms with E-state index in [-0.39, 0.29) is 5.75 Å². The third-order valence-corrected chi connectivity index (χ3v) is 5.30. The highest BCUT2D eigenvalue weighted by Crippen LogP contribution is 2.30. The highest BCUT2D eigenvalue weighted by Gasteiger charge is 2.13. The van der Waals surface area contributed by atoms with Crippen LogP contribution in [0.3, 0.4) is 0 Å². The van der Waals surface area contributed by atoms with Crippen LogP contribution < -0.4 is 4.80 Å². The Labute approximate surface area is 165 Å². The fraction of sp³-hybridized carbons (Fsp3) is 0.158. The molecule has 0 bridgehead atoms. The van der Waals surface area contributed by atoms with Gasteiger partial charge in [0.1, 0.15) is 5.75 Å². The third-order valence-electron chi connectivity index (χ3n) is 3.84. The van der Waals surface area contributed by atoms with Gasteiger partial charge in [0, 0.05) is 23.0 Å². The number of halogens is 2. The lowest BCUT2D eigenvalue weighted by Gasteiger charge is -2.09. The second-order valence-corrected chi connectivity index (χ2v) is 7.19. The van der Waals surface area contributed by atoms with Crippen molar-refractivity contribution in [1.82, 2.24) is 4.68 Å². The predicted molar refractivity (Wildman–Crippen MR) is 110 cm³/mol. The van der Waals surface area contributed by atoms with Gasteiger partial charge in [-0.05, 0) is 54.4 Å². The lowest BCUT2D eigenvalue weighted by Crippen LogP contribution is -2.14. The Hall–Kier alpha value is -2.08. The molecule has 0 radical (unpaired) electrons. The molecule has 0 amide bonds. The number of phenolic OH excluding ortho intramolecular Hbond substituents is 1. The Morgan fingerprint density at radius 3 is 2.50 bits per heavy atom. The summed E-state index contributed by atoms with van der Waals surface area (Å²) in [5.74, 6) is 0.227. The fourth-order valence-corrected chi connectivity index (χ4v) is 3.83. The van der Waals surface area contributed by atoms with Crippen molar-refractivity contribution in [3.05, 3.63) is 68.3 Å². The van der Waals surface area contributed by atoms with E-state index in [0.717, 1.165) is 33.8 Å². The molecule has 0 atom stereocenters. The van der Waals surface area contributed by atoms with E-state index in [2.05, 4.69) is 4.99 Å². The maximum Gasteiger partial charge on any atom is 0.205 e. The minimum atomic E-state index is 0.227. The van der Waals surface area contributed by atoms with Crippen LogP contribution >= 0.6 is 34.5 Å². The maximum absolute atomic E-state index is 9.51. The van der Waals surface area contributed by atoms with Crippen molar-refractivity contribution in [2.75, 3.05) is 7.05 Å². The first-order valence-corrected chi connectivity index (χ1v) is 9.63. The average Bonchev–Trinajstić information content (AvgIpc) is 3.03. The van der Waals surface area contributed by atoms with Crippen molar-refractivity contribution in [1.29, 1.82) is 0 Å². The molecule has 0 aliphatic carbocycles. The number of benzene rings is 2. The van der Waals surface area contributed by atoms with Gasteiger partial charge in [-0.2, -0.15) is 5.10 Å². The molecule has 0 aliphatic heterocycles. The molecular weight excluding hydrogens is 389 g/mol. The lowest BCUT2D eigenvalue weighted by molar-refractivity contribution is 0.475. The van der Waals surface area contributed by atoms with Crippen molar-refractivity contribution >= 4 is 40.3 Å². The molecule has 0 unspecified atom stereocenters. The normalized spacial score (nSPS) is 12.6. The van der Waals surface area contributed by atoms with Gasteiger partial charge >= 0.3 is 0 Å². The van der Waals surface area contributed by atoms with Crippen LogP contribution in [0, 0.1) is 0 Å². The van der Waals surface area contributed by atoms with E-state index < -0.39 is 0 Å². The van der Waals surface area contributed by atoms with E-state index in [4.69, 9.17) is 28.3 Å². The van der Waals surface area contributed by atoms with Crippen LogP contribution in [0.2, 0.25) is 10.0 Å². The Kier molecular flexibility index (Phi) is 5.81. The summed E-state index contributed by atoms with van der Waals surface area (Å²) in [5, 5.41) is 17.5. The zero-order valence-corrected chi connectivity index (χ0v) is 16.6. The molecule has 0 aliphatic rings. The molecule has 4 nitrogen and oxygen atoms in total. The van der Waals surface area contributed by atoms with Crippen LogP contribution in [0.4, 0.5) is 0 Å². The van der Waals surface area contributed by atoms with Gasteiger partial charge in [-0.25, -0.2) is 4.68 Å². The van der Waals surface area contributed by atoms with Crippen LogP contribution in [0.1, 0.15) is 18.9 Å². The number of rotatable bonds is 4. The largest absolute Gasteiger partial charge is 0.508 e. The van der Waals surface area contributed by atoms with Gasteiger partial charge in [-0.3, -0.25) is 4.99 Å². The quantitative estimate of drug-likeness (QED) is 0.578. The van der Waals surface area contributed by atoms with Gasteiger partial charge in [0.2, 0.25) is 4.80 Å². The molecule has 1 aromatic heterocycles. The lowest BCUT2D eigenvalue weighted by atomic mass is 10.1. The number of thiazole rings is 1. The zero-order valence-electron chi connectivity index (χ0n) is 14.3. The molecule has 0 saturated carbocycles. The Morgan fingerprint density at radius 2 is 1.88 bits per heavy atom. The second kappa shape index (κ2) is 8.08. The summed E-state index contributed by atoms with van der Waals surface area (Å²) in [6.45, 7) is 2.04. The summed E-state index contributed by atoms with van der Waals surface area (Å²) in [6, 6.07) is 12.4. The van der Waals surface area contributed by atoms with E-state index in [1.807, 2.05) is 30.5 Å². The second-order valence-electron chi connectivity index (χ2n) is 5.51. The molecule has 0 saturated heterocycles. The molecule has 2 aromatic carbocycles. The molecule has 0 spiro atoms. The summed E-state index contributed by atoms with van der Waals surface area (Å²) in [7, 11) is 1.73. The number of phenols is 1. The molecule has 3 rings (SSSR count). The van der Waals surface area contributed by atoms with Crippen molar-refractivity contribution in [2.24, 2.45) is 10.1 Å². The Morgan fingerprint density at radius 1 is 1.15 bits per heavy atom. The van der Waals surface area contributed by atoms with Gasteiger partial charge < -0.3 is 5.11 Å². The molecule has 7 heteroatoms. The van der Waals surface area contributed by atoms with Crippen LogP contribution in [0.25, 0.3) is 11.3 Å². The van der Waals surface area contributed by atoms with E-state index >= 15 is 0 Å². The molecular formula is C19H17Cl2N3OS. The number of hydrogen-bond donors (Lipinski definition) is 1. The first kappa shape index (κ1) is 18.7. The van der Waals surface area contributed by atoms with Gasteiger partial charge in [0.25, 0.3) is 0 Å². The standard InChI is InChI=1S/C19H17Cl2N3OS/c1-3-17(12-4-7-14(25)8-5-12)23-24-18(11-26-19(24)22-2)15-9-6-13(20)10-16(15)21/h4-11,25H,3H2,1-2H3. The van der Waals surface area contributed by atoms with Crippen LogP contribution in [-0.4, -0.2) is 22.5 Å². The number of aromatic hydroxyl groups is 1. The molecule has 134 valence electrons. The smallest absolute Gasteiger partial charge is 0.205 e. The van der Waals surface area contributed by atoms with Crippen LogP contribution in [0.15, 0.2) is 57.9 Å².